The summed E-state index contributed by atoms with van der Waals surface area (Å²) in [6.07, 6.45) is 0. The zero-order valence-corrected chi connectivity index (χ0v) is 14.8. The molecule has 2 N–H and O–H groups in total. The second-order valence-electron chi connectivity index (χ2n) is 5.33. The van der Waals surface area contributed by atoms with E-state index in [0.29, 0.717) is 22.5 Å². The van der Waals surface area contributed by atoms with Crippen LogP contribution in [0.2, 0.25) is 0 Å². The van der Waals surface area contributed by atoms with Gasteiger partial charge in [-0.3, -0.25) is 9.59 Å². The van der Waals surface area contributed by atoms with Crippen molar-refractivity contribution < 1.29 is 9.59 Å². The first-order valence-corrected chi connectivity index (χ1v) is 8.45. The predicted molar refractivity (Wildman–Crippen MR) is 103 cm³/mol. The van der Waals surface area contributed by atoms with E-state index in [-0.39, 0.29) is 11.8 Å². The lowest BCUT2D eigenvalue weighted by Crippen LogP contribution is -2.18. The lowest BCUT2D eigenvalue weighted by atomic mass is 10.1. The second-order valence-corrected chi connectivity index (χ2v) is 6.24. The van der Waals surface area contributed by atoms with Crippen molar-refractivity contribution in [3.8, 4) is 0 Å². The van der Waals surface area contributed by atoms with Gasteiger partial charge in [-0.15, -0.1) is 0 Å². The summed E-state index contributed by atoms with van der Waals surface area (Å²) < 4.78 is 0.895. The van der Waals surface area contributed by atoms with Gasteiger partial charge in [0.05, 0.1) is 11.3 Å². The van der Waals surface area contributed by atoms with E-state index in [4.69, 9.17) is 0 Å². The summed E-state index contributed by atoms with van der Waals surface area (Å²) in [5, 5.41) is 5.62. The Kier molecular flexibility index (Phi) is 5.26. The lowest BCUT2D eigenvalue weighted by molar-refractivity contribution is 0.102. The second kappa shape index (κ2) is 7.77. The fraction of sp³-hybridized carbons (Fsp3) is 0. The molecule has 0 fully saturated rings. The molecule has 0 unspecified atom stereocenters. The number of amides is 2. The van der Waals surface area contributed by atoms with Crippen molar-refractivity contribution >= 4 is 39.1 Å². The first-order valence-electron chi connectivity index (χ1n) is 7.66. The number of para-hydroxylation sites is 2. The van der Waals surface area contributed by atoms with E-state index in [9.17, 15) is 9.59 Å². The van der Waals surface area contributed by atoms with Crippen LogP contribution in [0.3, 0.4) is 0 Å². The van der Waals surface area contributed by atoms with Gasteiger partial charge < -0.3 is 10.6 Å². The summed E-state index contributed by atoms with van der Waals surface area (Å²) >= 11 is 3.34. The third kappa shape index (κ3) is 4.33. The zero-order valence-electron chi connectivity index (χ0n) is 13.2. The van der Waals surface area contributed by atoms with Gasteiger partial charge in [0.1, 0.15) is 0 Å². The Hall–Kier alpha value is -2.92. The van der Waals surface area contributed by atoms with Gasteiger partial charge in [0.25, 0.3) is 11.8 Å². The first-order chi connectivity index (χ1) is 12.1. The molecule has 2 amide bonds. The predicted octanol–water partition coefficient (Wildman–Crippen LogP) is 4.95. The van der Waals surface area contributed by atoms with Crippen LogP contribution in [0.5, 0.6) is 0 Å². The number of hydrogen-bond donors (Lipinski definition) is 2. The Morgan fingerprint density at radius 3 is 2.04 bits per heavy atom. The highest BCUT2D eigenvalue weighted by atomic mass is 79.9. The zero-order chi connectivity index (χ0) is 17.6. The number of anilines is 2. The van der Waals surface area contributed by atoms with Gasteiger partial charge in [0, 0.05) is 15.7 Å². The van der Waals surface area contributed by atoms with E-state index >= 15 is 0 Å². The standard InChI is InChI=1S/C20H15BrN2O2/c21-15-12-10-14(11-13-15)19(24)23-18-9-5-4-8-17(18)20(25)22-16-6-2-1-3-7-16/h1-13H,(H,22,25)(H,23,24). The largest absolute Gasteiger partial charge is 0.322 e. The average molecular weight is 395 g/mol. The molecule has 0 saturated heterocycles. The van der Waals surface area contributed by atoms with E-state index in [1.54, 1.807) is 60.7 Å². The van der Waals surface area contributed by atoms with Crippen LogP contribution < -0.4 is 10.6 Å². The van der Waals surface area contributed by atoms with Crippen LogP contribution in [0.25, 0.3) is 0 Å². The SMILES string of the molecule is O=C(Nc1ccccc1C(=O)Nc1ccccc1)c1ccc(Br)cc1. The van der Waals surface area contributed by atoms with Crippen LogP contribution in [0.1, 0.15) is 20.7 Å². The molecule has 5 heteroatoms. The summed E-state index contributed by atoms with van der Waals surface area (Å²) in [6, 6.07) is 23.1. The van der Waals surface area contributed by atoms with Crippen molar-refractivity contribution in [3.63, 3.8) is 0 Å². The maximum atomic E-state index is 12.5. The number of nitrogens with one attached hydrogen (secondary N) is 2. The quantitative estimate of drug-likeness (QED) is 0.657. The van der Waals surface area contributed by atoms with Crippen LogP contribution in [0, 0.1) is 0 Å². The lowest BCUT2D eigenvalue weighted by Gasteiger charge is -2.11. The molecule has 0 aliphatic carbocycles. The maximum Gasteiger partial charge on any atom is 0.257 e. The topological polar surface area (TPSA) is 58.2 Å². The number of rotatable bonds is 4. The number of benzene rings is 3. The molecule has 3 aromatic rings. The van der Waals surface area contributed by atoms with E-state index in [1.807, 2.05) is 18.2 Å². The molecule has 124 valence electrons. The van der Waals surface area contributed by atoms with Crippen molar-refractivity contribution in [2.75, 3.05) is 10.6 Å². The Labute approximate surface area is 154 Å². The molecule has 0 atom stereocenters. The molecule has 0 saturated carbocycles. The third-order valence-corrected chi connectivity index (χ3v) is 4.09. The Balaban J connectivity index is 1.79. The average Bonchev–Trinajstić information content (AvgIpc) is 2.63. The molecule has 3 aromatic carbocycles. The molecule has 0 aliphatic rings. The summed E-state index contributed by atoms with van der Waals surface area (Å²) in [4.78, 5) is 24.9. The Morgan fingerprint density at radius 2 is 1.32 bits per heavy atom. The van der Waals surface area contributed by atoms with E-state index in [0.717, 1.165) is 4.47 Å². The van der Waals surface area contributed by atoms with Crippen LogP contribution in [0.15, 0.2) is 83.3 Å². The van der Waals surface area contributed by atoms with Gasteiger partial charge in [-0.1, -0.05) is 46.3 Å². The van der Waals surface area contributed by atoms with Crippen LogP contribution >= 0.6 is 15.9 Å². The molecule has 3 rings (SSSR count). The smallest absolute Gasteiger partial charge is 0.257 e. The molecular weight excluding hydrogens is 380 g/mol. The first kappa shape index (κ1) is 16.9. The monoisotopic (exact) mass is 394 g/mol. The Bertz CT molecular complexity index is 893. The molecule has 0 bridgehead atoms. The molecule has 4 nitrogen and oxygen atoms in total. The van der Waals surface area contributed by atoms with E-state index < -0.39 is 0 Å². The molecule has 0 heterocycles. The van der Waals surface area contributed by atoms with Crippen molar-refractivity contribution in [2.45, 2.75) is 0 Å². The molecule has 0 aromatic heterocycles. The highest BCUT2D eigenvalue weighted by molar-refractivity contribution is 9.10. The van der Waals surface area contributed by atoms with Gasteiger partial charge in [-0.2, -0.15) is 0 Å². The third-order valence-electron chi connectivity index (χ3n) is 3.56. The summed E-state index contributed by atoms with van der Waals surface area (Å²) in [5.74, 6) is -0.551. The van der Waals surface area contributed by atoms with Gasteiger partial charge >= 0.3 is 0 Å². The number of hydrogen-bond acceptors (Lipinski definition) is 2. The molecular formula is C20H15BrN2O2. The van der Waals surface area contributed by atoms with Gasteiger partial charge in [-0.25, -0.2) is 0 Å². The van der Waals surface area contributed by atoms with Crippen molar-refractivity contribution in [2.24, 2.45) is 0 Å². The highest BCUT2D eigenvalue weighted by Crippen LogP contribution is 2.19. The highest BCUT2D eigenvalue weighted by Gasteiger charge is 2.14. The number of carbonyl (C=O) groups is 2. The summed E-state index contributed by atoms with van der Waals surface area (Å²) in [5.41, 5.74) is 2.07. The summed E-state index contributed by atoms with van der Waals surface area (Å²) in [7, 11) is 0. The summed E-state index contributed by atoms with van der Waals surface area (Å²) in [6.45, 7) is 0. The molecule has 0 radical (unpaired) electrons. The normalized spacial score (nSPS) is 10.1. The van der Waals surface area contributed by atoms with Gasteiger partial charge in [0.15, 0.2) is 0 Å². The van der Waals surface area contributed by atoms with Gasteiger partial charge in [0.2, 0.25) is 0 Å². The number of halogens is 1. The minimum absolute atomic E-state index is 0.271. The fourth-order valence-corrected chi connectivity index (χ4v) is 2.57. The van der Waals surface area contributed by atoms with Crippen LogP contribution in [-0.4, -0.2) is 11.8 Å². The van der Waals surface area contributed by atoms with E-state index in [2.05, 4.69) is 26.6 Å². The minimum atomic E-state index is -0.280. The van der Waals surface area contributed by atoms with Crippen molar-refractivity contribution in [3.05, 3.63) is 94.5 Å². The van der Waals surface area contributed by atoms with Crippen LogP contribution in [-0.2, 0) is 0 Å². The fourth-order valence-electron chi connectivity index (χ4n) is 2.31. The van der Waals surface area contributed by atoms with Crippen molar-refractivity contribution in [1.29, 1.82) is 0 Å². The molecule has 0 spiro atoms. The Morgan fingerprint density at radius 1 is 0.680 bits per heavy atom. The van der Waals surface area contributed by atoms with Crippen molar-refractivity contribution in [1.82, 2.24) is 0 Å². The molecule has 25 heavy (non-hydrogen) atoms. The minimum Gasteiger partial charge on any atom is -0.322 e. The molecule has 0 aliphatic heterocycles. The van der Waals surface area contributed by atoms with Gasteiger partial charge in [-0.05, 0) is 48.5 Å². The van der Waals surface area contributed by atoms with Crippen LogP contribution in [0.4, 0.5) is 11.4 Å². The number of carbonyl (C=O) groups excluding carboxylic acids is 2. The maximum absolute atomic E-state index is 12.5. The van der Waals surface area contributed by atoms with E-state index in [1.165, 1.54) is 0 Å².